The van der Waals surface area contributed by atoms with E-state index in [1.807, 2.05) is 31.1 Å². The lowest BCUT2D eigenvalue weighted by Crippen LogP contribution is -2.37. The summed E-state index contributed by atoms with van der Waals surface area (Å²) in [4.78, 5) is 30.8. The van der Waals surface area contributed by atoms with Crippen LogP contribution in [0.5, 0.6) is 0 Å². The molecule has 2 N–H and O–H groups in total. The Balaban J connectivity index is 2.16. The van der Waals surface area contributed by atoms with Crippen molar-refractivity contribution in [2.24, 2.45) is 0 Å². The molecule has 2 amide bonds. The summed E-state index contributed by atoms with van der Waals surface area (Å²) in [7, 11) is 3.85. The van der Waals surface area contributed by atoms with Crippen molar-refractivity contribution >= 4 is 17.9 Å². The molecule has 0 radical (unpaired) electrons. The summed E-state index contributed by atoms with van der Waals surface area (Å²) < 4.78 is 0. The Kier molecular flexibility index (Phi) is 6.86. The van der Waals surface area contributed by atoms with E-state index in [4.69, 9.17) is 0 Å². The number of carbonyl (C=O) groups is 2. The van der Waals surface area contributed by atoms with Crippen LogP contribution in [0.25, 0.3) is 6.08 Å². The van der Waals surface area contributed by atoms with Gasteiger partial charge in [0.15, 0.2) is 0 Å². The zero-order chi connectivity index (χ0) is 18.1. The molecule has 0 spiro atoms. The summed E-state index contributed by atoms with van der Waals surface area (Å²) in [6.45, 7) is 1.19. The normalized spacial score (nSPS) is 11.2. The molecular weight excluding hydrogens is 316 g/mol. The largest absolute Gasteiger partial charge is 0.349 e. The van der Waals surface area contributed by atoms with Gasteiger partial charge in [0.1, 0.15) is 5.70 Å². The second-order valence-electron chi connectivity index (χ2n) is 5.72. The average molecular weight is 338 g/mol. The lowest BCUT2D eigenvalue weighted by Gasteiger charge is -2.13. The zero-order valence-electron chi connectivity index (χ0n) is 14.4. The van der Waals surface area contributed by atoms with Crippen LogP contribution < -0.4 is 10.6 Å². The number of likely N-dealkylation sites (N-methyl/N-ethyl adjacent to an activating group) is 1. The third-order valence-electron chi connectivity index (χ3n) is 3.37. The smallest absolute Gasteiger partial charge is 0.267 e. The minimum Gasteiger partial charge on any atom is -0.349 e. The highest BCUT2D eigenvalue weighted by molar-refractivity contribution is 6.05. The molecule has 25 heavy (non-hydrogen) atoms. The molecule has 6 heteroatoms. The summed E-state index contributed by atoms with van der Waals surface area (Å²) in [6, 6.07) is 12.4. The molecule has 1 aromatic carbocycles. The van der Waals surface area contributed by atoms with Gasteiger partial charge in [0, 0.05) is 31.0 Å². The van der Waals surface area contributed by atoms with E-state index < -0.39 is 0 Å². The van der Waals surface area contributed by atoms with Crippen LogP contribution in [-0.4, -0.2) is 48.9 Å². The Morgan fingerprint density at radius 2 is 1.88 bits per heavy atom. The summed E-state index contributed by atoms with van der Waals surface area (Å²) in [6.07, 6.45) is 4.89. The van der Waals surface area contributed by atoms with Gasteiger partial charge in [0.05, 0.1) is 0 Å². The van der Waals surface area contributed by atoms with Gasteiger partial charge in [-0.2, -0.15) is 0 Å². The van der Waals surface area contributed by atoms with Gasteiger partial charge in [-0.05, 0) is 43.9 Å². The van der Waals surface area contributed by atoms with Crippen LogP contribution in [0.1, 0.15) is 15.9 Å². The molecule has 0 bridgehead atoms. The Hall–Kier alpha value is -2.99. The molecule has 1 aromatic heterocycles. The van der Waals surface area contributed by atoms with Crippen molar-refractivity contribution in [1.29, 1.82) is 0 Å². The highest BCUT2D eigenvalue weighted by Crippen LogP contribution is 2.06. The number of benzene rings is 1. The zero-order valence-corrected chi connectivity index (χ0v) is 14.4. The molecule has 0 aliphatic heterocycles. The van der Waals surface area contributed by atoms with Gasteiger partial charge in [-0.3, -0.25) is 14.6 Å². The van der Waals surface area contributed by atoms with Crippen molar-refractivity contribution in [3.05, 3.63) is 71.7 Å². The van der Waals surface area contributed by atoms with Crippen molar-refractivity contribution in [3.8, 4) is 0 Å². The van der Waals surface area contributed by atoms with Crippen LogP contribution in [0.4, 0.5) is 0 Å². The maximum Gasteiger partial charge on any atom is 0.267 e. The van der Waals surface area contributed by atoms with Crippen molar-refractivity contribution in [1.82, 2.24) is 20.5 Å². The van der Waals surface area contributed by atoms with Gasteiger partial charge in [-0.15, -0.1) is 0 Å². The van der Waals surface area contributed by atoms with E-state index in [0.29, 0.717) is 18.7 Å². The Morgan fingerprint density at radius 1 is 1.12 bits per heavy atom. The van der Waals surface area contributed by atoms with Gasteiger partial charge in [0.25, 0.3) is 11.8 Å². The van der Waals surface area contributed by atoms with E-state index in [9.17, 15) is 9.59 Å². The topological polar surface area (TPSA) is 74.3 Å². The van der Waals surface area contributed by atoms with E-state index >= 15 is 0 Å². The predicted octanol–water partition coefficient (Wildman–Crippen LogP) is 1.53. The number of nitrogens with one attached hydrogen (secondary N) is 2. The van der Waals surface area contributed by atoms with Crippen molar-refractivity contribution < 1.29 is 9.59 Å². The Bertz CT molecular complexity index is 728. The van der Waals surface area contributed by atoms with Gasteiger partial charge in [0.2, 0.25) is 0 Å². The van der Waals surface area contributed by atoms with Gasteiger partial charge < -0.3 is 15.5 Å². The number of pyridine rings is 1. The third-order valence-corrected chi connectivity index (χ3v) is 3.37. The SMILES string of the molecule is CN(C)CCNC(=O)/C(=C\c1cccnc1)NC(=O)c1ccccc1. The van der Waals surface area contributed by atoms with Crippen LogP contribution in [0.3, 0.4) is 0 Å². The number of carbonyl (C=O) groups excluding carboxylic acids is 2. The summed E-state index contributed by atoms with van der Waals surface area (Å²) in [5, 5.41) is 5.50. The molecule has 2 aromatic rings. The third kappa shape index (κ3) is 6.19. The van der Waals surface area contributed by atoms with Gasteiger partial charge in [-0.1, -0.05) is 24.3 Å². The van der Waals surface area contributed by atoms with Gasteiger partial charge in [-0.25, -0.2) is 0 Å². The number of aromatic nitrogens is 1. The molecule has 2 rings (SSSR count). The molecule has 0 atom stereocenters. The van der Waals surface area contributed by atoms with Crippen LogP contribution in [0, 0.1) is 0 Å². The number of amides is 2. The molecule has 0 aliphatic carbocycles. The maximum atomic E-state index is 12.5. The highest BCUT2D eigenvalue weighted by atomic mass is 16.2. The second-order valence-corrected chi connectivity index (χ2v) is 5.72. The number of hydrogen-bond acceptors (Lipinski definition) is 4. The molecule has 0 fully saturated rings. The first-order valence-electron chi connectivity index (χ1n) is 7.97. The van der Waals surface area contributed by atoms with E-state index in [1.54, 1.807) is 48.8 Å². The van der Waals surface area contributed by atoms with Crippen molar-refractivity contribution in [2.75, 3.05) is 27.2 Å². The first-order valence-corrected chi connectivity index (χ1v) is 7.97. The highest BCUT2D eigenvalue weighted by Gasteiger charge is 2.14. The first kappa shape index (κ1) is 18.4. The lowest BCUT2D eigenvalue weighted by atomic mass is 10.2. The molecule has 0 unspecified atom stereocenters. The molecule has 1 heterocycles. The summed E-state index contributed by atoms with van der Waals surface area (Å²) in [5.41, 5.74) is 1.40. The lowest BCUT2D eigenvalue weighted by molar-refractivity contribution is -0.117. The Labute approximate surface area is 147 Å². The number of rotatable bonds is 7. The van der Waals surface area contributed by atoms with Crippen LogP contribution in [-0.2, 0) is 4.79 Å². The number of hydrogen-bond donors (Lipinski definition) is 2. The van der Waals surface area contributed by atoms with Crippen molar-refractivity contribution in [3.63, 3.8) is 0 Å². The fraction of sp³-hybridized carbons (Fsp3) is 0.211. The van der Waals surface area contributed by atoms with Crippen molar-refractivity contribution in [2.45, 2.75) is 0 Å². The fourth-order valence-electron chi connectivity index (χ4n) is 2.06. The van der Waals surface area contributed by atoms with Gasteiger partial charge >= 0.3 is 0 Å². The molecule has 0 saturated heterocycles. The molecule has 130 valence electrons. The number of nitrogens with zero attached hydrogens (tertiary/aromatic N) is 2. The van der Waals surface area contributed by atoms with E-state index in [2.05, 4.69) is 15.6 Å². The van der Waals surface area contributed by atoms with E-state index in [1.165, 1.54) is 0 Å². The van der Waals surface area contributed by atoms with E-state index in [-0.39, 0.29) is 17.5 Å². The van der Waals surface area contributed by atoms with Crippen LogP contribution in [0.15, 0.2) is 60.6 Å². The molecule has 0 saturated carbocycles. The molecule has 6 nitrogen and oxygen atoms in total. The Morgan fingerprint density at radius 3 is 2.52 bits per heavy atom. The minimum atomic E-state index is -0.338. The summed E-state index contributed by atoms with van der Waals surface area (Å²) in [5.74, 6) is -0.673. The minimum absolute atomic E-state index is 0.181. The second kappa shape index (κ2) is 9.34. The van der Waals surface area contributed by atoms with Crippen LogP contribution >= 0.6 is 0 Å². The molecule has 0 aliphatic rings. The van der Waals surface area contributed by atoms with Crippen LogP contribution in [0.2, 0.25) is 0 Å². The standard InChI is InChI=1S/C19H22N4O2/c1-23(2)12-11-21-19(25)17(13-15-7-6-10-20-14-15)22-18(24)16-8-4-3-5-9-16/h3-10,13-14H,11-12H2,1-2H3,(H,21,25)(H,22,24)/b17-13+. The molecular formula is C19H22N4O2. The predicted molar refractivity (Wildman–Crippen MR) is 97.7 cm³/mol. The average Bonchev–Trinajstić information content (AvgIpc) is 2.62. The quantitative estimate of drug-likeness (QED) is 0.751. The monoisotopic (exact) mass is 338 g/mol. The fourth-order valence-corrected chi connectivity index (χ4v) is 2.06. The first-order chi connectivity index (χ1) is 12.1. The van der Waals surface area contributed by atoms with E-state index in [0.717, 1.165) is 5.56 Å². The summed E-state index contributed by atoms with van der Waals surface area (Å²) >= 11 is 0. The maximum absolute atomic E-state index is 12.5.